The summed E-state index contributed by atoms with van der Waals surface area (Å²) in [5.74, 6) is -0.134. The number of carbonyl (C=O) groups excluding carboxylic acids is 2. The molecule has 4 aliphatic rings. The number of carbonyl (C=O) groups is 2. The number of thioether (sulfide) groups is 1. The van der Waals surface area contributed by atoms with Crippen molar-refractivity contribution >= 4 is 28.5 Å². The smallest absolute Gasteiger partial charge is 0.325 e. The second-order valence-corrected chi connectivity index (χ2v) is 12.7. The van der Waals surface area contributed by atoms with Gasteiger partial charge in [0, 0.05) is 16.6 Å². The summed E-state index contributed by atoms with van der Waals surface area (Å²) >= 11 is 1.41. The van der Waals surface area contributed by atoms with E-state index < -0.39 is 46.4 Å². The van der Waals surface area contributed by atoms with Gasteiger partial charge in [0.05, 0.1) is 16.8 Å². The first-order chi connectivity index (χ1) is 17.1. The van der Waals surface area contributed by atoms with E-state index in [1.54, 1.807) is 6.08 Å². The van der Waals surface area contributed by atoms with Crippen LogP contribution in [0, 0.1) is 34.5 Å². The summed E-state index contributed by atoms with van der Waals surface area (Å²) in [5.41, 5.74) is -4.06. The Balaban J connectivity index is 1.38. The van der Waals surface area contributed by atoms with E-state index >= 15 is 0 Å². The van der Waals surface area contributed by atoms with Gasteiger partial charge < -0.3 is 5.32 Å². The van der Waals surface area contributed by atoms with Crippen LogP contribution in [0.4, 0.5) is 32.0 Å². The molecule has 1 heterocycles. The predicted octanol–water partition coefficient (Wildman–Crippen LogP) is 7.72. The van der Waals surface area contributed by atoms with Gasteiger partial charge >= 0.3 is 12.4 Å². The molecule has 0 aromatic heterocycles. The molecule has 3 aliphatic carbocycles. The zero-order valence-corrected chi connectivity index (χ0v) is 21.3. The van der Waals surface area contributed by atoms with Gasteiger partial charge in [-0.1, -0.05) is 31.7 Å². The zero-order valence-electron chi connectivity index (χ0n) is 20.5. The first-order valence-corrected chi connectivity index (χ1v) is 13.5. The number of anilines is 1. The third-order valence-corrected chi connectivity index (χ3v) is 11.2. The maximum absolute atomic E-state index is 13.6. The highest BCUT2D eigenvalue weighted by Crippen LogP contribution is 2.66. The van der Waals surface area contributed by atoms with Crippen LogP contribution in [-0.2, 0) is 21.9 Å². The van der Waals surface area contributed by atoms with Crippen molar-refractivity contribution in [1.82, 2.24) is 0 Å². The topological polar surface area (TPSA) is 46.2 Å². The lowest BCUT2D eigenvalue weighted by Crippen LogP contribution is -2.53. The minimum absolute atomic E-state index is 0.0551. The fraction of sp³-hybridized carbons (Fsp3) is 0.630. The van der Waals surface area contributed by atoms with Crippen LogP contribution in [0.3, 0.4) is 0 Å². The highest BCUT2D eigenvalue weighted by atomic mass is 32.2. The van der Waals surface area contributed by atoms with Crippen LogP contribution in [0.1, 0.15) is 63.5 Å². The lowest BCUT2D eigenvalue weighted by atomic mass is 9.49. The van der Waals surface area contributed by atoms with Crippen molar-refractivity contribution < 1.29 is 35.9 Å². The van der Waals surface area contributed by atoms with Gasteiger partial charge in [0.2, 0.25) is 11.0 Å². The molecule has 0 saturated heterocycles. The van der Waals surface area contributed by atoms with Crippen molar-refractivity contribution in [2.45, 2.75) is 70.0 Å². The van der Waals surface area contributed by atoms with E-state index in [0.29, 0.717) is 30.4 Å². The van der Waals surface area contributed by atoms with Crippen LogP contribution in [0.2, 0.25) is 0 Å². The Kier molecular flexibility index (Phi) is 6.32. The average Bonchev–Trinajstić information content (AvgIpc) is 3.15. The number of hydrogen-bond acceptors (Lipinski definition) is 3. The Labute approximate surface area is 215 Å². The summed E-state index contributed by atoms with van der Waals surface area (Å²) in [6.45, 7) is 4.27. The molecule has 0 spiro atoms. The summed E-state index contributed by atoms with van der Waals surface area (Å²) < 4.78 is 80.0. The number of hydrogen-bond donors (Lipinski definition) is 1. The van der Waals surface area contributed by atoms with Gasteiger partial charge in [0.1, 0.15) is 0 Å². The standard InChI is InChI=1S/C27H29F6NO2S/c1-24-11-9-17-15(4-8-21-25(17,2)12-10-22(35)37-21)16(24)5-6-18(24)23(36)34-20-7-3-14(26(28,29)30)13-19(20)27(31,32)33/h3,7,10,12-13,15-18,21H,4-6,8-9,11H2,1-2H3,(H,34,36)/t15-,16-,17-,18+,21+,24-,25+/m0/s1. The monoisotopic (exact) mass is 545 g/mol. The summed E-state index contributed by atoms with van der Waals surface area (Å²) in [5, 5.41) is 2.66. The third-order valence-electron chi connectivity index (χ3n) is 9.76. The Morgan fingerprint density at radius 3 is 2.38 bits per heavy atom. The molecule has 0 unspecified atom stereocenters. The molecule has 37 heavy (non-hydrogen) atoms. The van der Waals surface area contributed by atoms with Crippen molar-refractivity contribution in [2.24, 2.45) is 34.5 Å². The molecule has 3 nitrogen and oxygen atoms in total. The molecule has 202 valence electrons. The van der Waals surface area contributed by atoms with Crippen LogP contribution >= 0.6 is 11.8 Å². The number of fused-ring (bicyclic) bond motifs is 5. The summed E-state index contributed by atoms with van der Waals surface area (Å²) in [6, 6.07) is 1.32. The summed E-state index contributed by atoms with van der Waals surface area (Å²) in [6.07, 6.45) is -1.47. The fourth-order valence-electron chi connectivity index (χ4n) is 7.91. The molecule has 5 rings (SSSR count). The molecule has 0 radical (unpaired) electrons. The van der Waals surface area contributed by atoms with Crippen LogP contribution in [0.5, 0.6) is 0 Å². The number of halogens is 6. The molecule has 1 aliphatic heterocycles. The predicted molar refractivity (Wildman–Crippen MR) is 128 cm³/mol. The molecule has 0 bridgehead atoms. The SMILES string of the molecule is C[C@]12C=CC(=O)S[C@@H]1CC[C@@H]1[C@@H]2CC[C@]2(C)[C@@H](C(=O)Nc3ccc(C(F)(F)F)cc3C(F)(F)F)CC[C@@H]12. The highest BCUT2D eigenvalue weighted by molar-refractivity contribution is 8.14. The maximum atomic E-state index is 13.6. The number of alkyl halides is 6. The third kappa shape index (κ3) is 4.40. The lowest BCUT2D eigenvalue weighted by molar-refractivity contribution is -0.142. The minimum atomic E-state index is -5.05. The van der Waals surface area contributed by atoms with Gasteiger partial charge in [0.25, 0.3) is 0 Å². The van der Waals surface area contributed by atoms with Crippen LogP contribution in [0.25, 0.3) is 0 Å². The normalized spacial score (nSPS) is 37.5. The lowest BCUT2D eigenvalue weighted by Gasteiger charge is -2.58. The van der Waals surface area contributed by atoms with Gasteiger partial charge in [-0.25, -0.2) is 0 Å². The van der Waals surface area contributed by atoms with Gasteiger partial charge in [0.15, 0.2) is 0 Å². The van der Waals surface area contributed by atoms with E-state index in [9.17, 15) is 35.9 Å². The molecule has 10 heteroatoms. The second-order valence-electron chi connectivity index (χ2n) is 11.5. The largest absolute Gasteiger partial charge is 0.418 e. The molecule has 3 fully saturated rings. The second kappa shape index (κ2) is 8.78. The Morgan fingerprint density at radius 1 is 0.973 bits per heavy atom. The Morgan fingerprint density at radius 2 is 1.70 bits per heavy atom. The average molecular weight is 546 g/mol. The van der Waals surface area contributed by atoms with E-state index in [0.717, 1.165) is 32.1 Å². The summed E-state index contributed by atoms with van der Waals surface area (Å²) in [4.78, 5) is 25.4. The molecular formula is C27H29F6NO2S. The Hall–Kier alpha value is -1.97. The number of nitrogens with one attached hydrogen (secondary N) is 1. The quantitative estimate of drug-likeness (QED) is 0.387. The molecule has 3 saturated carbocycles. The number of rotatable bonds is 2. The first kappa shape index (κ1) is 26.6. The zero-order chi connectivity index (χ0) is 27.0. The molecular weight excluding hydrogens is 516 g/mol. The summed E-state index contributed by atoms with van der Waals surface area (Å²) in [7, 11) is 0. The van der Waals surface area contributed by atoms with Crippen molar-refractivity contribution in [2.75, 3.05) is 5.32 Å². The molecule has 7 atom stereocenters. The van der Waals surface area contributed by atoms with Crippen molar-refractivity contribution in [3.05, 3.63) is 41.5 Å². The Bertz CT molecular complexity index is 1150. The van der Waals surface area contributed by atoms with E-state index in [1.807, 2.05) is 6.92 Å². The number of allylic oxidation sites excluding steroid dienone is 1. The van der Waals surface area contributed by atoms with Crippen LogP contribution < -0.4 is 5.32 Å². The molecule has 1 amide bonds. The van der Waals surface area contributed by atoms with Crippen molar-refractivity contribution in [1.29, 1.82) is 0 Å². The van der Waals surface area contributed by atoms with E-state index in [2.05, 4.69) is 18.3 Å². The van der Waals surface area contributed by atoms with Crippen LogP contribution in [0.15, 0.2) is 30.4 Å². The molecule has 1 N–H and O–H groups in total. The van der Waals surface area contributed by atoms with E-state index in [1.165, 1.54) is 11.8 Å². The molecule has 1 aromatic rings. The van der Waals surface area contributed by atoms with Gasteiger partial charge in [-0.2, -0.15) is 26.3 Å². The molecule has 1 aromatic carbocycles. The van der Waals surface area contributed by atoms with Gasteiger partial charge in [-0.3, -0.25) is 9.59 Å². The minimum Gasteiger partial charge on any atom is -0.325 e. The van der Waals surface area contributed by atoms with Gasteiger partial charge in [-0.05, 0) is 86.0 Å². The van der Waals surface area contributed by atoms with E-state index in [4.69, 9.17) is 0 Å². The highest BCUT2D eigenvalue weighted by Gasteiger charge is 2.61. The van der Waals surface area contributed by atoms with E-state index in [-0.39, 0.29) is 27.8 Å². The van der Waals surface area contributed by atoms with Crippen molar-refractivity contribution in [3.63, 3.8) is 0 Å². The first-order valence-electron chi connectivity index (χ1n) is 12.6. The fourth-order valence-corrected chi connectivity index (χ4v) is 9.10. The van der Waals surface area contributed by atoms with Gasteiger partial charge in [-0.15, -0.1) is 0 Å². The number of amides is 1. The van der Waals surface area contributed by atoms with Crippen molar-refractivity contribution in [3.8, 4) is 0 Å². The number of benzene rings is 1. The maximum Gasteiger partial charge on any atom is 0.418 e. The van der Waals surface area contributed by atoms with Crippen LogP contribution in [-0.4, -0.2) is 16.3 Å².